The largest absolute Gasteiger partial charge is 0.573 e. The summed E-state index contributed by atoms with van der Waals surface area (Å²) in [4.78, 5) is 14.4. The highest BCUT2D eigenvalue weighted by atomic mass is 127. The molecule has 0 atom stereocenters. The minimum Gasteiger partial charge on any atom is -0.478 e. The molecule has 0 amide bonds. The molecule has 0 radical (unpaired) electrons. The summed E-state index contributed by atoms with van der Waals surface area (Å²) < 4.78 is 39.7. The Morgan fingerprint density at radius 2 is 2.12 bits per heavy atom. The fourth-order valence-corrected chi connectivity index (χ4v) is 1.55. The molecule has 16 heavy (non-hydrogen) atoms. The van der Waals surface area contributed by atoms with Gasteiger partial charge < -0.3 is 9.84 Å². The van der Waals surface area contributed by atoms with Crippen LogP contribution in [-0.4, -0.2) is 22.4 Å². The first-order valence-electron chi connectivity index (χ1n) is 3.86. The zero-order chi connectivity index (χ0) is 12.5. The van der Waals surface area contributed by atoms with Crippen LogP contribution in [0.4, 0.5) is 13.2 Å². The van der Waals surface area contributed by atoms with E-state index in [-0.39, 0.29) is 9.26 Å². The number of halogens is 4. The maximum atomic E-state index is 12.1. The van der Waals surface area contributed by atoms with Crippen LogP contribution < -0.4 is 4.74 Å². The van der Waals surface area contributed by atoms with Gasteiger partial charge >= 0.3 is 12.3 Å². The van der Waals surface area contributed by atoms with Gasteiger partial charge in [0, 0.05) is 6.20 Å². The number of rotatable bonds is 2. The summed E-state index contributed by atoms with van der Waals surface area (Å²) in [7, 11) is 0. The molecule has 0 aliphatic heterocycles. The highest BCUT2D eigenvalue weighted by molar-refractivity contribution is 14.1. The summed E-state index contributed by atoms with van der Waals surface area (Å²) in [6.07, 6.45) is -3.77. The molecule has 0 aliphatic rings. The van der Waals surface area contributed by atoms with E-state index in [2.05, 4.69) is 9.72 Å². The Morgan fingerprint density at radius 3 is 2.56 bits per heavy atom. The summed E-state index contributed by atoms with van der Waals surface area (Å²) in [5, 5.41) is 8.79. The Kier molecular flexibility index (Phi) is 3.61. The second-order valence-corrected chi connectivity index (χ2v) is 3.81. The third kappa shape index (κ3) is 2.97. The van der Waals surface area contributed by atoms with Crippen LogP contribution in [0.1, 0.15) is 15.9 Å². The Morgan fingerprint density at radius 1 is 1.56 bits per heavy atom. The molecule has 0 saturated heterocycles. The lowest BCUT2D eigenvalue weighted by atomic mass is 10.1. The number of carboxylic acid groups (broad SMARTS) is 1. The van der Waals surface area contributed by atoms with E-state index in [0.717, 1.165) is 0 Å². The van der Waals surface area contributed by atoms with Gasteiger partial charge in [-0.1, -0.05) is 0 Å². The first-order chi connectivity index (χ1) is 7.22. The highest BCUT2D eigenvalue weighted by Gasteiger charge is 2.35. The van der Waals surface area contributed by atoms with Crippen LogP contribution >= 0.6 is 22.6 Å². The van der Waals surface area contributed by atoms with Crippen molar-refractivity contribution in [2.75, 3.05) is 0 Å². The monoisotopic (exact) mass is 347 g/mol. The average molecular weight is 347 g/mol. The van der Waals surface area contributed by atoms with E-state index < -0.39 is 23.6 Å². The topological polar surface area (TPSA) is 59.4 Å². The molecule has 1 aromatic rings. The summed E-state index contributed by atoms with van der Waals surface area (Å²) in [6, 6.07) is 0. The Labute approximate surface area is 102 Å². The number of nitrogens with zero attached hydrogens (tertiary/aromatic N) is 1. The lowest BCUT2D eigenvalue weighted by Gasteiger charge is -2.13. The molecule has 1 aromatic heterocycles. The van der Waals surface area contributed by atoms with Gasteiger partial charge in [-0.05, 0) is 35.1 Å². The van der Waals surface area contributed by atoms with Crippen molar-refractivity contribution in [1.82, 2.24) is 4.98 Å². The minimum absolute atomic E-state index is 0.104. The van der Waals surface area contributed by atoms with E-state index in [4.69, 9.17) is 5.11 Å². The van der Waals surface area contributed by atoms with Crippen molar-refractivity contribution in [2.45, 2.75) is 13.3 Å². The van der Waals surface area contributed by atoms with Crippen molar-refractivity contribution in [3.63, 3.8) is 0 Å². The SMILES string of the molecule is Cc1cnc(I)c(OC(F)(F)F)c1C(=O)O. The van der Waals surface area contributed by atoms with Crippen LogP contribution in [0.5, 0.6) is 5.75 Å². The first-order valence-corrected chi connectivity index (χ1v) is 4.94. The molecule has 1 rings (SSSR count). The van der Waals surface area contributed by atoms with E-state index >= 15 is 0 Å². The number of carboxylic acids is 1. The van der Waals surface area contributed by atoms with Crippen LogP contribution in [0.3, 0.4) is 0 Å². The molecule has 0 unspecified atom stereocenters. The predicted molar refractivity (Wildman–Crippen MR) is 55.3 cm³/mol. The lowest BCUT2D eigenvalue weighted by Crippen LogP contribution is -2.20. The lowest BCUT2D eigenvalue weighted by molar-refractivity contribution is -0.275. The number of aryl methyl sites for hydroxylation is 1. The van der Waals surface area contributed by atoms with Crippen LogP contribution in [0.15, 0.2) is 6.20 Å². The highest BCUT2D eigenvalue weighted by Crippen LogP contribution is 2.31. The van der Waals surface area contributed by atoms with Gasteiger partial charge in [-0.2, -0.15) is 0 Å². The van der Waals surface area contributed by atoms with Gasteiger partial charge in [0.2, 0.25) is 0 Å². The molecule has 1 heterocycles. The molecular formula is C8H5F3INO3. The molecule has 0 aliphatic carbocycles. The van der Waals surface area contributed by atoms with Gasteiger partial charge in [0.25, 0.3) is 0 Å². The van der Waals surface area contributed by atoms with Crippen LogP contribution in [0.2, 0.25) is 0 Å². The third-order valence-corrected chi connectivity index (χ3v) is 2.38. The van der Waals surface area contributed by atoms with Gasteiger partial charge in [0.05, 0.1) is 0 Å². The minimum atomic E-state index is -4.94. The molecule has 0 aromatic carbocycles. The molecule has 4 nitrogen and oxygen atoms in total. The number of aromatic carboxylic acids is 1. The van der Waals surface area contributed by atoms with Crippen molar-refractivity contribution >= 4 is 28.6 Å². The number of ether oxygens (including phenoxy) is 1. The number of hydrogen-bond donors (Lipinski definition) is 1. The van der Waals surface area contributed by atoms with E-state index in [9.17, 15) is 18.0 Å². The molecule has 88 valence electrons. The van der Waals surface area contributed by atoms with Crippen molar-refractivity contribution in [3.05, 3.63) is 21.0 Å². The fraction of sp³-hybridized carbons (Fsp3) is 0.250. The molecule has 0 bridgehead atoms. The van der Waals surface area contributed by atoms with Crippen molar-refractivity contribution in [2.24, 2.45) is 0 Å². The molecule has 0 spiro atoms. The standard InChI is InChI=1S/C8H5F3INO3/c1-3-2-13-6(12)5(4(3)7(14)15)16-8(9,10)11/h2H,1H3,(H,14,15). The van der Waals surface area contributed by atoms with Crippen molar-refractivity contribution in [1.29, 1.82) is 0 Å². The number of hydrogen-bond acceptors (Lipinski definition) is 3. The smallest absolute Gasteiger partial charge is 0.478 e. The predicted octanol–water partition coefficient (Wildman–Crippen LogP) is 2.59. The second-order valence-electron chi connectivity index (χ2n) is 2.79. The van der Waals surface area contributed by atoms with E-state index in [0.29, 0.717) is 0 Å². The maximum absolute atomic E-state index is 12.1. The van der Waals surface area contributed by atoms with Gasteiger partial charge in [-0.25, -0.2) is 9.78 Å². The Bertz CT molecular complexity index is 433. The van der Waals surface area contributed by atoms with Crippen LogP contribution in [0.25, 0.3) is 0 Å². The Hall–Kier alpha value is -1.06. The van der Waals surface area contributed by atoms with Gasteiger partial charge in [-0.15, -0.1) is 13.2 Å². The normalized spacial score (nSPS) is 11.3. The van der Waals surface area contributed by atoms with Crippen LogP contribution in [-0.2, 0) is 0 Å². The zero-order valence-corrected chi connectivity index (χ0v) is 9.96. The first kappa shape index (κ1) is 13.0. The summed E-state index contributed by atoms with van der Waals surface area (Å²) in [5.41, 5.74) is -0.427. The molecular weight excluding hydrogens is 342 g/mol. The maximum Gasteiger partial charge on any atom is 0.573 e. The van der Waals surface area contributed by atoms with Crippen molar-refractivity contribution in [3.8, 4) is 5.75 Å². The van der Waals surface area contributed by atoms with Gasteiger partial charge in [0.1, 0.15) is 9.26 Å². The summed E-state index contributed by atoms with van der Waals surface area (Å²) in [6.45, 7) is 1.34. The quantitative estimate of drug-likeness (QED) is 0.660. The summed E-state index contributed by atoms with van der Waals surface area (Å²) in [5.74, 6) is -2.27. The van der Waals surface area contributed by atoms with E-state index in [1.54, 1.807) is 0 Å². The van der Waals surface area contributed by atoms with Gasteiger partial charge in [-0.3, -0.25) is 0 Å². The molecule has 0 saturated carbocycles. The number of pyridine rings is 1. The fourth-order valence-electron chi connectivity index (χ4n) is 1.03. The van der Waals surface area contributed by atoms with Crippen molar-refractivity contribution < 1.29 is 27.8 Å². The zero-order valence-electron chi connectivity index (χ0n) is 7.80. The van der Waals surface area contributed by atoms with E-state index in [1.165, 1.54) is 35.7 Å². The molecule has 1 N–H and O–H groups in total. The van der Waals surface area contributed by atoms with Crippen LogP contribution in [0, 0.1) is 10.6 Å². The summed E-state index contributed by atoms with van der Waals surface area (Å²) >= 11 is 1.48. The molecule has 8 heteroatoms. The number of carbonyl (C=O) groups is 1. The molecule has 0 fully saturated rings. The number of alkyl halides is 3. The average Bonchev–Trinajstić information content (AvgIpc) is 2.08. The Balaban J connectivity index is 3.35. The van der Waals surface area contributed by atoms with E-state index in [1.807, 2.05) is 0 Å². The third-order valence-electron chi connectivity index (χ3n) is 1.61. The number of aromatic nitrogens is 1. The van der Waals surface area contributed by atoms with Gasteiger partial charge in [0.15, 0.2) is 5.75 Å². The second kappa shape index (κ2) is 4.44.